The summed E-state index contributed by atoms with van der Waals surface area (Å²) < 4.78 is 0. The smallest absolute Gasteiger partial charge is 0.0456 e. The minimum Gasteiger partial charge on any atom is -0.323 e. The molecule has 0 amide bonds. The van der Waals surface area contributed by atoms with E-state index in [1.165, 1.54) is 49.7 Å². The topological polar surface area (TPSA) is 29.3 Å². The fourth-order valence-corrected chi connectivity index (χ4v) is 4.62. The molecule has 2 aliphatic carbocycles. The molecule has 2 heteroatoms. The van der Waals surface area contributed by atoms with Gasteiger partial charge in [0, 0.05) is 18.1 Å². The van der Waals surface area contributed by atoms with Crippen LogP contribution >= 0.6 is 0 Å². The van der Waals surface area contributed by atoms with Crippen molar-refractivity contribution >= 4 is 0 Å². The number of benzene rings is 1. The first-order chi connectivity index (χ1) is 10.2. The first-order valence-electron chi connectivity index (χ1n) is 8.82. The van der Waals surface area contributed by atoms with Gasteiger partial charge in [0.2, 0.25) is 0 Å². The van der Waals surface area contributed by atoms with E-state index in [9.17, 15) is 0 Å². The number of hydrogen-bond acceptors (Lipinski definition) is 2. The van der Waals surface area contributed by atoms with Gasteiger partial charge in [-0.05, 0) is 42.9 Å². The molecule has 3 rings (SSSR count). The molecular formula is C19H30N2. The van der Waals surface area contributed by atoms with E-state index in [-0.39, 0.29) is 6.04 Å². The summed E-state index contributed by atoms with van der Waals surface area (Å²) in [6.45, 7) is 5.82. The summed E-state index contributed by atoms with van der Waals surface area (Å²) in [5.41, 5.74) is 9.55. The van der Waals surface area contributed by atoms with Gasteiger partial charge >= 0.3 is 0 Å². The second-order valence-electron chi connectivity index (χ2n) is 6.98. The van der Waals surface area contributed by atoms with Crippen LogP contribution in [0.4, 0.5) is 0 Å². The summed E-state index contributed by atoms with van der Waals surface area (Å²) >= 11 is 0. The van der Waals surface area contributed by atoms with Crippen molar-refractivity contribution in [1.82, 2.24) is 4.90 Å². The van der Waals surface area contributed by atoms with Crippen LogP contribution in [0.1, 0.15) is 75.5 Å². The monoisotopic (exact) mass is 286 g/mol. The summed E-state index contributed by atoms with van der Waals surface area (Å²) in [5, 5.41) is 0. The molecule has 116 valence electrons. The van der Waals surface area contributed by atoms with E-state index in [1.807, 2.05) is 0 Å². The lowest BCUT2D eigenvalue weighted by molar-refractivity contribution is 0.0803. The Labute approximate surface area is 129 Å². The second kappa shape index (κ2) is 6.50. The molecule has 1 fully saturated rings. The van der Waals surface area contributed by atoms with Crippen LogP contribution in [-0.2, 0) is 0 Å². The molecule has 2 aliphatic rings. The van der Waals surface area contributed by atoms with Crippen LogP contribution in [0, 0.1) is 0 Å². The van der Waals surface area contributed by atoms with Gasteiger partial charge < -0.3 is 5.73 Å². The number of nitrogens with two attached hydrogens (primary N) is 1. The van der Waals surface area contributed by atoms with Crippen LogP contribution in [0.25, 0.3) is 0 Å². The summed E-state index contributed by atoms with van der Waals surface area (Å²) in [5.74, 6) is 0.628. The van der Waals surface area contributed by atoms with E-state index in [0.717, 1.165) is 12.6 Å². The molecule has 1 aromatic carbocycles. The lowest BCUT2D eigenvalue weighted by atomic mass is 9.77. The molecule has 1 saturated carbocycles. The summed E-state index contributed by atoms with van der Waals surface area (Å²) in [6.07, 6.45) is 8.16. The van der Waals surface area contributed by atoms with Crippen molar-refractivity contribution in [3.63, 3.8) is 0 Å². The fourth-order valence-electron chi connectivity index (χ4n) is 4.62. The quantitative estimate of drug-likeness (QED) is 0.901. The average Bonchev–Trinajstić information content (AvgIpc) is 2.54. The number of nitrogens with zero attached hydrogens (tertiary/aromatic N) is 1. The largest absolute Gasteiger partial charge is 0.323 e. The van der Waals surface area contributed by atoms with Gasteiger partial charge in [-0.25, -0.2) is 0 Å². The number of fused-ring (bicyclic) bond motifs is 1. The van der Waals surface area contributed by atoms with Gasteiger partial charge in [-0.3, -0.25) is 4.90 Å². The molecule has 21 heavy (non-hydrogen) atoms. The van der Waals surface area contributed by atoms with Gasteiger partial charge in [-0.15, -0.1) is 0 Å². The van der Waals surface area contributed by atoms with Crippen LogP contribution in [-0.4, -0.2) is 23.5 Å². The number of likely N-dealkylation sites (N-methyl/N-ethyl adjacent to an activating group) is 1. The van der Waals surface area contributed by atoms with Crippen LogP contribution in [0.3, 0.4) is 0 Å². The Hall–Kier alpha value is -0.860. The molecule has 0 aliphatic heterocycles. The Kier molecular flexibility index (Phi) is 4.66. The highest BCUT2D eigenvalue weighted by atomic mass is 15.2. The van der Waals surface area contributed by atoms with Crippen molar-refractivity contribution in [1.29, 1.82) is 0 Å². The zero-order valence-corrected chi connectivity index (χ0v) is 13.6. The third-order valence-corrected chi connectivity index (χ3v) is 5.73. The molecule has 2 N–H and O–H groups in total. The summed E-state index contributed by atoms with van der Waals surface area (Å²) in [7, 11) is 0. The van der Waals surface area contributed by atoms with Gasteiger partial charge in [0.05, 0.1) is 0 Å². The fraction of sp³-hybridized carbons (Fsp3) is 0.684. The standard InChI is InChI=1S/C19H30N2/c1-3-21(15-9-5-4-6-10-15)18-13-14(2)16-11-7-8-12-17(16)19(18)20/h7-8,11-12,14-15,18-19H,3-6,9-10,13,20H2,1-2H3. The highest BCUT2D eigenvalue weighted by Crippen LogP contribution is 2.40. The van der Waals surface area contributed by atoms with Crippen molar-refractivity contribution in [3.8, 4) is 0 Å². The Morgan fingerprint density at radius 1 is 1.10 bits per heavy atom. The van der Waals surface area contributed by atoms with Crippen LogP contribution in [0.2, 0.25) is 0 Å². The molecule has 3 unspecified atom stereocenters. The van der Waals surface area contributed by atoms with E-state index in [0.29, 0.717) is 12.0 Å². The molecular weight excluding hydrogens is 256 g/mol. The van der Waals surface area contributed by atoms with Crippen molar-refractivity contribution in [3.05, 3.63) is 35.4 Å². The Bertz CT molecular complexity index is 464. The van der Waals surface area contributed by atoms with Crippen molar-refractivity contribution in [2.45, 2.75) is 76.4 Å². The average molecular weight is 286 g/mol. The maximum Gasteiger partial charge on any atom is 0.0456 e. The minimum absolute atomic E-state index is 0.180. The molecule has 0 radical (unpaired) electrons. The first-order valence-corrected chi connectivity index (χ1v) is 8.82. The molecule has 0 bridgehead atoms. The van der Waals surface area contributed by atoms with Gasteiger partial charge in [-0.2, -0.15) is 0 Å². The maximum atomic E-state index is 6.69. The number of hydrogen-bond donors (Lipinski definition) is 1. The molecule has 3 atom stereocenters. The van der Waals surface area contributed by atoms with Gasteiger partial charge in [0.25, 0.3) is 0 Å². The Morgan fingerprint density at radius 2 is 1.76 bits per heavy atom. The molecule has 2 nitrogen and oxygen atoms in total. The van der Waals surface area contributed by atoms with Gasteiger partial charge in [-0.1, -0.05) is 57.4 Å². The van der Waals surface area contributed by atoms with E-state index in [2.05, 4.69) is 43.0 Å². The molecule has 0 heterocycles. The third kappa shape index (κ3) is 2.89. The third-order valence-electron chi connectivity index (χ3n) is 5.73. The predicted molar refractivity (Wildman–Crippen MR) is 89.4 cm³/mol. The molecule has 0 aromatic heterocycles. The number of rotatable bonds is 3. The maximum absolute atomic E-state index is 6.69. The Morgan fingerprint density at radius 3 is 2.43 bits per heavy atom. The van der Waals surface area contributed by atoms with Crippen LogP contribution < -0.4 is 5.73 Å². The normalized spacial score (nSPS) is 30.4. The molecule has 0 spiro atoms. The first kappa shape index (κ1) is 15.1. The van der Waals surface area contributed by atoms with E-state index < -0.39 is 0 Å². The van der Waals surface area contributed by atoms with Crippen LogP contribution in [0.15, 0.2) is 24.3 Å². The van der Waals surface area contributed by atoms with E-state index in [4.69, 9.17) is 5.73 Å². The summed E-state index contributed by atoms with van der Waals surface area (Å²) in [4.78, 5) is 2.73. The molecule has 0 saturated heterocycles. The van der Waals surface area contributed by atoms with Crippen LogP contribution in [0.5, 0.6) is 0 Å². The highest BCUT2D eigenvalue weighted by Gasteiger charge is 2.36. The minimum atomic E-state index is 0.180. The van der Waals surface area contributed by atoms with E-state index >= 15 is 0 Å². The molecule has 1 aromatic rings. The zero-order valence-electron chi connectivity index (χ0n) is 13.6. The lowest BCUT2D eigenvalue weighted by Gasteiger charge is -2.46. The van der Waals surface area contributed by atoms with Gasteiger partial charge in [0.15, 0.2) is 0 Å². The van der Waals surface area contributed by atoms with Crippen molar-refractivity contribution < 1.29 is 0 Å². The predicted octanol–water partition coefficient (Wildman–Crippen LogP) is 4.22. The highest BCUT2D eigenvalue weighted by molar-refractivity contribution is 5.36. The SMILES string of the molecule is CCN(C1CCCCC1)C1CC(C)c2ccccc2C1N. The van der Waals surface area contributed by atoms with Crippen molar-refractivity contribution in [2.75, 3.05) is 6.54 Å². The summed E-state index contributed by atoms with van der Waals surface area (Å²) in [6, 6.07) is 10.3. The lowest BCUT2D eigenvalue weighted by Crippen LogP contribution is -2.51. The Balaban J connectivity index is 1.84. The van der Waals surface area contributed by atoms with Crippen molar-refractivity contribution in [2.24, 2.45) is 5.73 Å². The van der Waals surface area contributed by atoms with E-state index in [1.54, 1.807) is 0 Å². The second-order valence-corrected chi connectivity index (χ2v) is 6.98. The zero-order chi connectivity index (χ0) is 14.8. The van der Waals surface area contributed by atoms with Gasteiger partial charge in [0.1, 0.15) is 0 Å².